The third kappa shape index (κ3) is 2.76. The van der Waals surface area contributed by atoms with Crippen LogP contribution in [-0.4, -0.2) is 17.0 Å². The minimum atomic E-state index is 0.443. The highest BCUT2D eigenvalue weighted by Crippen LogP contribution is 2.38. The van der Waals surface area contributed by atoms with E-state index in [0.717, 1.165) is 6.54 Å². The number of thioether (sulfide) groups is 1. The Morgan fingerprint density at radius 3 is 2.85 bits per heavy atom. The summed E-state index contributed by atoms with van der Waals surface area (Å²) in [5, 5.41) is 5.19. The number of hydrogen-bond donors (Lipinski definition) is 1. The van der Waals surface area contributed by atoms with Gasteiger partial charge in [-0.05, 0) is 56.4 Å². The molecule has 2 unspecified atom stereocenters. The summed E-state index contributed by atoms with van der Waals surface area (Å²) in [6, 6.07) is 9.20. The molecule has 1 aliphatic rings. The van der Waals surface area contributed by atoms with Crippen molar-refractivity contribution in [2.24, 2.45) is 0 Å². The summed E-state index contributed by atoms with van der Waals surface area (Å²) in [5.41, 5.74) is 1.45. The normalized spacial score (nSPS) is 24.4. The molecule has 3 heteroatoms. The van der Waals surface area contributed by atoms with E-state index in [4.69, 9.17) is 0 Å². The van der Waals surface area contributed by atoms with Crippen LogP contribution in [0.2, 0.25) is 0 Å². The van der Waals surface area contributed by atoms with Gasteiger partial charge in [0.25, 0.3) is 0 Å². The summed E-state index contributed by atoms with van der Waals surface area (Å²) in [5.74, 6) is 1.33. The summed E-state index contributed by atoms with van der Waals surface area (Å²) >= 11 is 4.08. The molecular formula is C17H23NS2. The monoisotopic (exact) mass is 305 g/mol. The average molecular weight is 306 g/mol. The van der Waals surface area contributed by atoms with Crippen LogP contribution in [0, 0.1) is 6.92 Å². The van der Waals surface area contributed by atoms with Crippen molar-refractivity contribution in [3.05, 3.63) is 34.7 Å². The second kappa shape index (κ2) is 5.70. The van der Waals surface area contributed by atoms with Gasteiger partial charge >= 0.3 is 0 Å². The predicted octanol–water partition coefficient (Wildman–Crippen LogP) is 5.15. The number of rotatable bonds is 4. The fourth-order valence-electron chi connectivity index (χ4n) is 3.04. The molecule has 3 rings (SSSR count). The molecule has 1 aliphatic heterocycles. The van der Waals surface area contributed by atoms with Gasteiger partial charge in [-0.15, -0.1) is 11.3 Å². The summed E-state index contributed by atoms with van der Waals surface area (Å²) in [7, 11) is 0. The Bertz CT molecular complexity index is 596. The van der Waals surface area contributed by atoms with Gasteiger partial charge in [-0.3, -0.25) is 0 Å². The lowest BCUT2D eigenvalue weighted by molar-refractivity contribution is 0.493. The van der Waals surface area contributed by atoms with Gasteiger partial charge < -0.3 is 5.32 Å². The molecule has 0 spiro atoms. The smallest absolute Gasteiger partial charge is 0.0389 e. The highest BCUT2D eigenvalue weighted by Gasteiger charge is 2.29. The lowest BCUT2D eigenvalue weighted by Gasteiger charge is -2.25. The van der Waals surface area contributed by atoms with Crippen molar-refractivity contribution in [2.75, 3.05) is 12.3 Å². The van der Waals surface area contributed by atoms with E-state index in [0.29, 0.717) is 10.8 Å². The summed E-state index contributed by atoms with van der Waals surface area (Å²) in [6.45, 7) is 8.09. The van der Waals surface area contributed by atoms with E-state index in [1.54, 1.807) is 0 Å². The van der Waals surface area contributed by atoms with E-state index < -0.39 is 0 Å². The fourth-order valence-corrected chi connectivity index (χ4v) is 5.54. The third-order valence-corrected chi connectivity index (χ3v) is 7.35. The van der Waals surface area contributed by atoms with Crippen LogP contribution in [0.15, 0.2) is 24.3 Å². The molecule has 2 aromatic rings. The Balaban J connectivity index is 1.75. The van der Waals surface area contributed by atoms with Gasteiger partial charge in [-0.2, -0.15) is 11.8 Å². The lowest BCUT2D eigenvalue weighted by Crippen LogP contribution is -2.34. The van der Waals surface area contributed by atoms with Crippen molar-refractivity contribution in [1.82, 2.24) is 5.32 Å². The number of benzene rings is 1. The highest BCUT2D eigenvalue weighted by molar-refractivity contribution is 8.00. The molecule has 20 heavy (non-hydrogen) atoms. The molecule has 1 nitrogen and oxygen atoms in total. The van der Waals surface area contributed by atoms with Crippen molar-refractivity contribution in [3.63, 3.8) is 0 Å². The highest BCUT2D eigenvalue weighted by atomic mass is 32.2. The Morgan fingerprint density at radius 1 is 1.35 bits per heavy atom. The number of nitrogens with one attached hydrogen (secondary N) is 1. The van der Waals surface area contributed by atoms with E-state index in [2.05, 4.69) is 62.1 Å². The molecule has 2 atom stereocenters. The van der Waals surface area contributed by atoms with Crippen molar-refractivity contribution in [2.45, 2.75) is 44.4 Å². The maximum atomic E-state index is 3.77. The standard InChI is InChI=1S/C17H23NS2/c1-12-14-7-4-5-8-15(14)20-16(12)13(2)18-11-17(3)9-6-10-19-17/h4-5,7-8,13,18H,6,9-11H2,1-3H3. The van der Waals surface area contributed by atoms with Gasteiger partial charge in [0.1, 0.15) is 0 Å². The minimum Gasteiger partial charge on any atom is -0.308 e. The first-order valence-electron chi connectivity index (χ1n) is 7.44. The predicted molar refractivity (Wildman–Crippen MR) is 93.1 cm³/mol. The first kappa shape index (κ1) is 14.4. The fraction of sp³-hybridized carbons (Fsp3) is 0.529. The Kier molecular flexibility index (Phi) is 4.11. The van der Waals surface area contributed by atoms with Crippen LogP contribution in [-0.2, 0) is 0 Å². The van der Waals surface area contributed by atoms with Crippen LogP contribution in [0.25, 0.3) is 10.1 Å². The molecular weight excluding hydrogens is 282 g/mol. The molecule has 1 aromatic heterocycles. The Hall–Kier alpha value is -0.510. The van der Waals surface area contributed by atoms with Gasteiger partial charge in [0.2, 0.25) is 0 Å². The molecule has 0 saturated carbocycles. The topological polar surface area (TPSA) is 12.0 Å². The SMILES string of the molecule is Cc1c(C(C)NCC2(C)CCCS2)sc2ccccc12. The first-order valence-corrected chi connectivity index (χ1v) is 9.25. The largest absolute Gasteiger partial charge is 0.308 e. The molecule has 1 saturated heterocycles. The van der Waals surface area contributed by atoms with Crippen molar-refractivity contribution >= 4 is 33.2 Å². The maximum Gasteiger partial charge on any atom is 0.0389 e. The quantitative estimate of drug-likeness (QED) is 0.838. The molecule has 0 aliphatic carbocycles. The summed E-state index contributed by atoms with van der Waals surface area (Å²) < 4.78 is 1.86. The molecule has 1 fully saturated rings. The zero-order valence-electron chi connectivity index (χ0n) is 12.5. The van der Waals surface area contributed by atoms with Crippen molar-refractivity contribution < 1.29 is 0 Å². The lowest BCUT2D eigenvalue weighted by atomic mass is 10.0. The van der Waals surface area contributed by atoms with E-state index in [1.165, 1.54) is 39.1 Å². The summed E-state index contributed by atoms with van der Waals surface area (Å²) in [6.07, 6.45) is 2.72. The van der Waals surface area contributed by atoms with E-state index in [1.807, 2.05) is 11.3 Å². The van der Waals surface area contributed by atoms with E-state index in [-0.39, 0.29) is 0 Å². The zero-order chi connectivity index (χ0) is 14.2. The first-order chi connectivity index (χ1) is 9.59. The Morgan fingerprint density at radius 2 is 2.15 bits per heavy atom. The number of thiophene rings is 1. The maximum absolute atomic E-state index is 3.77. The Labute approximate surface area is 130 Å². The van der Waals surface area contributed by atoms with Crippen LogP contribution in [0.3, 0.4) is 0 Å². The van der Waals surface area contributed by atoms with Crippen molar-refractivity contribution in [3.8, 4) is 0 Å². The molecule has 1 N–H and O–H groups in total. The minimum absolute atomic E-state index is 0.443. The van der Waals surface area contributed by atoms with Gasteiger partial charge in [-0.1, -0.05) is 18.2 Å². The number of aryl methyl sites for hydroxylation is 1. The van der Waals surface area contributed by atoms with Crippen LogP contribution in [0.4, 0.5) is 0 Å². The van der Waals surface area contributed by atoms with Crippen LogP contribution in [0.5, 0.6) is 0 Å². The zero-order valence-corrected chi connectivity index (χ0v) is 14.2. The van der Waals surface area contributed by atoms with Crippen LogP contribution < -0.4 is 5.32 Å². The molecule has 0 bridgehead atoms. The van der Waals surface area contributed by atoms with E-state index >= 15 is 0 Å². The number of fused-ring (bicyclic) bond motifs is 1. The second-order valence-corrected chi connectivity index (χ2v) is 8.86. The van der Waals surface area contributed by atoms with Crippen LogP contribution >= 0.6 is 23.1 Å². The van der Waals surface area contributed by atoms with Crippen LogP contribution in [0.1, 0.15) is 43.2 Å². The summed E-state index contributed by atoms with van der Waals surface area (Å²) in [4.78, 5) is 1.50. The molecule has 0 amide bonds. The third-order valence-electron chi connectivity index (χ3n) is 4.36. The average Bonchev–Trinajstić information content (AvgIpc) is 3.02. The number of hydrogen-bond acceptors (Lipinski definition) is 3. The van der Waals surface area contributed by atoms with E-state index in [9.17, 15) is 0 Å². The molecule has 0 radical (unpaired) electrons. The molecule has 1 aromatic carbocycles. The molecule has 108 valence electrons. The molecule has 2 heterocycles. The van der Waals surface area contributed by atoms with Crippen molar-refractivity contribution in [1.29, 1.82) is 0 Å². The van der Waals surface area contributed by atoms with Gasteiger partial charge in [-0.25, -0.2) is 0 Å². The van der Waals surface area contributed by atoms with Gasteiger partial charge in [0.05, 0.1) is 0 Å². The van der Waals surface area contributed by atoms with Gasteiger partial charge in [0, 0.05) is 26.9 Å². The second-order valence-electron chi connectivity index (χ2n) is 6.09. The van der Waals surface area contributed by atoms with Gasteiger partial charge in [0.15, 0.2) is 0 Å².